The number of sulfonamides is 1. The van der Waals surface area contributed by atoms with Gasteiger partial charge in [-0.1, -0.05) is 18.2 Å². The number of carbonyl (C=O) groups is 1. The third-order valence-corrected chi connectivity index (χ3v) is 5.73. The van der Waals surface area contributed by atoms with E-state index in [0.717, 1.165) is 0 Å². The van der Waals surface area contributed by atoms with Crippen LogP contribution in [0.3, 0.4) is 0 Å². The van der Waals surface area contributed by atoms with Crippen LogP contribution in [0.1, 0.15) is 10.4 Å². The van der Waals surface area contributed by atoms with Gasteiger partial charge in [0.25, 0.3) is 15.9 Å². The first-order valence-electron chi connectivity index (χ1n) is 9.16. The molecular formula is C22H22N2O6S. The number of carbonyl (C=O) groups excluding carboxylic acids is 1. The van der Waals surface area contributed by atoms with Gasteiger partial charge in [0, 0.05) is 17.3 Å². The zero-order valence-corrected chi connectivity index (χ0v) is 18.0. The van der Waals surface area contributed by atoms with Crippen molar-refractivity contribution in [3.63, 3.8) is 0 Å². The SMILES string of the molecule is COc1cc(OC)cc(C(=O)Nc2cccc(S(=O)(=O)Nc3ccccc3OC)c2)c1. The Morgan fingerprint density at radius 1 is 0.806 bits per heavy atom. The van der Waals surface area contributed by atoms with Crippen LogP contribution in [-0.4, -0.2) is 35.7 Å². The van der Waals surface area contributed by atoms with E-state index < -0.39 is 15.9 Å². The van der Waals surface area contributed by atoms with Crippen molar-refractivity contribution in [2.75, 3.05) is 31.4 Å². The lowest BCUT2D eigenvalue weighted by molar-refractivity contribution is 0.102. The zero-order chi connectivity index (χ0) is 22.4. The molecule has 0 spiro atoms. The van der Waals surface area contributed by atoms with E-state index in [1.54, 1.807) is 54.6 Å². The summed E-state index contributed by atoms with van der Waals surface area (Å²) < 4.78 is 43.7. The topological polar surface area (TPSA) is 103 Å². The first-order chi connectivity index (χ1) is 14.9. The van der Waals surface area contributed by atoms with Crippen LogP contribution in [0.2, 0.25) is 0 Å². The number of benzene rings is 3. The van der Waals surface area contributed by atoms with Crippen molar-refractivity contribution in [3.8, 4) is 17.2 Å². The van der Waals surface area contributed by atoms with Gasteiger partial charge in [-0.2, -0.15) is 0 Å². The third-order valence-electron chi connectivity index (χ3n) is 4.37. The molecule has 0 aromatic heterocycles. The van der Waals surface area contributed by atoms with Crippen LogP contribution in [-0.2, 0) is 10.0 Å². The lowest BCUT2D eigenvalue weighted by Gasteiger charge is -2.13. The molecule has 0 unspecified atom stereocenters. The molecule has 0 aliphatic rings. The summed E-state index contributed by atoms with van der Waals surface area (Å²) in [5, 5.41) is 2.69. The van der Waals surface area contributed by atoms with Gasteiger partial charge in [-0.15, -0.1) is 0 Å². The summed E-state index contributed by atoms with van der Waals surface area (Å²) in [4.78, 5) is 12.7. The molecular weight excluding hydrogens is 420 g/mol. The Morgan fingerprint density at radius 2 is 1.48 bits per heavy atom. The van der Waals surface area contributed by atoms with E-state index in [4.69, 9.17) is 14.2 Å². The molecule has 162 valence electrons. The fraction of sp³-hybridized carbons (Fsp3) is 0.136. The minimum absolute atomic E-state index is 0.0144. The molecule has 1 amide bonds. The summed E-state index contributed by atoms with van der Waals surface area (Å²) in [5.41, 5.74) is 0.925. The molecule has 0 saturated heterocycles. The summed E-state index contributed by atoms with van der Waals surface area (Å²) in [6, 6.07) is 17.4. The number of rotatable bonds is 8. The number of para-hydroxylation sites is 2. The Kier molecular flexibility index (Phi) is 6.66. The number of anilines is 2. The second kappa shape index (κ2) is 9.40. The summed E-state index contributed by atoms with van der Waals surface area (Å²) in [5.74, 6) is 0.871. The van der Waals surface area contributed by atoms with Crippen molar-refractivity contribution in [1.29, 1.82) is 0 Å². The molecule has 3 aromatic rings. The quantitative estimate of drug-likeness (QED) is 0.551. The number of amides is 1. The van der Waals surface area contributed by atoms with Crippen LogP contribution >= 0.6 is 0 Å². The van der Waals surface area contributed by atoms with Gasteiger partial charge in [0.1, 0.15) is 17.2 Å². The summed E-state index contributed by atoms with van der Waals surface area (Å²) in [6.45, 7) is 0. The highest BCUT2D eigenvalue weighted by atomic mass is 32.2. The standard InChI is InChI=1S/C22H22N2O6S/c1-28-17-11-15(12-18(14-17)29-2)22(25)23-16-7-6-8-19(13-16)31(26,27)24-20-9-4-5-10-21(20)30-3/h4-14,24H,1-3H3,(H,23,25). The highest BCUT2D eigenvalue weighted by molar-refractivity contribution is 7.92. The van der Waals surface area contributed by atoms with Gasteiger partial charge in [-0.05, 0) is 42.5 Å². The Bertz CT molecular complexity index is 1170. The first-order valence-corrected chi connectivity index (χ1v) is 10.6. The molecule has 0 fully saturated rings. The van der Waals surface area contributed by atoms with E-state index in [1.807, 2.05) is 0 Å². The fourth-order valence-corrected chi connectivity index (χ4v) is 3.93. The zero-order valence-electron chi connectivity index (χ0n) is 17.2. The van der Waals surface area contributed by atoms with E-state index in [9.17, 15) is 13.2 Å². The smallest absolute Gasteiger partial charge is 0.262 e. The number of hydrogen-bond donors (Lipinski definition) is 2. The molecule has 3 rings (SSSR count). The average molecular weight is 442 g/mol. The molecule has 2 N–H and O–H groups in total. The van der Waals surface area contributed by atoms with E-state index in [1.165, 1.54) is 33.5 Å². The lowest BCUT2D eigenvalue weighted by atomic mass is 10.2. The molecule has 0 radical (unpaired) electrons. The Hall–Kier alpha value is -3.72. The fourth-order valence-electron chi connectivity index (χ4n) is 2.82. The van der Waals surface area contributed by atoms with Gasteiger partial charge in [-0.25, -0.2) is 8.42 Å². The van der Waals surface area contributed by atoms with Crippen molar-refractivity contribution >= 4 is 27.3 Å². The normalized spacial score (nSPS) is 10.8. The molecule has 0 atom stereocenters. The van der Waals surface area contributed by atoms with Gasteiger partial charge in [-0.3, -0.25) is 9.52 Å². The molecule has 8 nitrogen and oxygen atoms in total. The van der Waals surface area contributed by atoms with Crippen LogP contribution in [0.4, 0.5) is 11.4 Å². The molecule has 0 aliphatic heterocycles. The van der Waals surface area contributed by atoms with Crippen LogP contribution in [0, 0.1) is 0 Å². The molecule has 31 heavy (non-hydrogen) atoms. The third kappa shape index (κ3) is 5.26. The maximum Gasteiger partial charge on any atom is 0.262 e. The number of hydrogen-bond acceptors (Lipinski definition) is 6. The summed E-state index contributed by atoms with van der Waals surface area (Å²) in [7, 11) is 0.515. The Morgan fingerprint density at radius 3 is 2.13 bits per heavy atom. The van der Waals surface area contributed by atoms with Crippen molar-refractivity contribution < 1.29 is 27.4 Å². The molecule has 3 aromatic carbocycles. The van der Waals surface area contributed by atoms with E-state index >= 15 is 0 Å². The van der Waals surface area contributed by atoms with E-state index in [0.29, 0.717) is 34.2 Å². The van der Waals surface area contributed by atoms with Gasteiger partial charge >= 0.3 is 0 Å². The number of nitrogens with one attached hydrogen (secondary N) is 2. The van der Waals surface area contributed by atoms with Crippen molar-refractivity contribution in [3.05, 3.63) is 72.3 Å². The van der Waals surface area contributed by atoms with E-state index in [-0.39, 0.29) is 4.90 Å². The predicted molar refractivity (Wildman–Crippen MR) is 118 cm³/mol. The Balaban J connectivity index is 1.84. The number of methoxy groups -OCH3 is 3. The monoisotopic (exact) mass is 442 g/mol. The molecule has 0 heterocycles. The first kappa shape index (κ1) is 22.0. The largest absolute Gasteiger partial charge is 0.497 e. The van der Waals surface area contributed by atoms with Gasteiger partial charge in [0.2, 0.25) is 0 Å². The van der Waals surface area contributed by atoms with Gasteiger partial charge in [0.15, 0.2) is 0 Å². The average Bonchev–Trinajstić information content (AvgIpc) is 2.79. The molecule has 0 bridgehead atoms. The van der Waals surface area contributed by atoms with Crippen molar-refractivity contribution in [1.82, 2.24) is 0 Å². The van der Waals surface area contributed by atoms with Crippen LogP contribution in [0.5, 0.6) is 17.2 Å². The van der Waals surface area contributed by atoms with Gasteiger partial charge < -0.3 is 19.5 Å². The summed E-state index contributed by atoms with van der Waals surface area (Å²) in [6.07, 6.45) is 0. The predicted octanol–water partition coefficient (Wildman–Crippen LogP) is 3.77. The second-order valence-electron chi connectivity index (χ2n) is 6.39. The maximum absolute atomic E-state index is 12.8. The Labute approximate surface area is 180 Å². The summed E-state index contributed by atoms with van der Waals surface area (Å²) >= 11 is 0. The second-order valence-corrected chi connectivity index (χ2v) is 8.07. The lowest BCUT2D eigenvalue weighted by Crippen LogP contribution is -2.15. The number of ether oxygens (including phenoxy) is 3. The molecule has 0 aliphatic carbocycles. The van der Waals surface area contributed by atoms with Crippen molar-refractivity contribution in [2.45, 2.75) is 4.90 Å². The van der Waals surface area contributed by atoms with E-state index in [2.05, 4.69) is 10.0 Å². The maximum atomic E-state index is 12.8. The van der Waals surface area contributed by atoms with Crippen molar-refractivity contribution in [2.24, 2.45) is 0 Å². The van der Waals surface area contributed by atoms with Crippen LogP contribution in [0.25, 0.3) is 0 Å². The molecule has 0 saturated carbocycles. The highest BCUT2D eigenvalue weighted by Crippen LogP contribution is 2.27. The highest BCUT2D eigenvalue weighted by Gasteiger charge is 2.18. The minimum atomic E-state index is -3.91. The minimum Gasteiger partial charge on any atom is -0.497 e. The van der Waals surface area contributed by atoms with Crippen LogP contribution < -0.4 is 24.2 Å². The molecule has 9 heteroatoms. The van der Waals surface area contributed by atoms with Gasteiger partial charge in [0.05, 0.1) is 31.9 Å². The van der Waals surface area contributed by atoms with Crippen LogP contribution in [0.15, 0.2) is 71.6 Å².